The summed E-state index contributed by atoms with van der Waals surface area (Å²) < 4.78 is 0. The summed E-state index contributed by atoms with van der Waals surface area (Å²) in [6, 6.07) is 1.47. The highest BCUT2D eigenvalue weighted by Gasteiger charge is 2.11. The topological polar surface area (TPSA) is 114 Å². The van der Waals surface area contributed by atoms with Crippen molar-refractivity contribution in [3.63, 3.8) is 0 Å². The van der Waals surface area contributed by atoms with Crippen molar-refractivity contribution in [1.82, 2.24) is 15.0 Å². The lowest BCUT2D eigenvalue weighted by atomic mass is 10.1. The molecule has 1 atom stereocenters. The molecule has 21 heavy (non-hydrogen) atoms. The predicted octanol–water partition coefficient (Wildman–Crippen LogP) is 1.08. The third kappa shape index (κ3) is 3.87. The Balaban J connectivity index is 2.35. The molecule has 2 rings (SSSR count). The zero-order valence-corrected chi connectivity index (χ0v) is 12.0. The van der Waals surface area contributed by atoms with Crippen LogP contribution in [0.4, 0.5) is 5.82 Å². The van der Waals surface area contributed by atoms with Gasteiger partial charge < -0.3 is 16.2 Å². The Kier molecular flexibility index (Phi) is 4.66. The number of halogens is 1. The number of primary amides is 1. The van der Waals surface area contributed by atoms with Crippen molar-refractivity contribution in [3.05, 3.63) is 35.4 Å². The van der Waals surface area contributed by atoms with Gasteiger partial charge in [0.05, 0.1) is 29.2 Å². The smallest absolute Gasteiger partial charge is 0.267 e. The van der Waals surface area contributed by atoms with Gasteiger partial charge >= 0.3 is 0 Å². The fourth-order valence-corrected chi connectivity index (χ4v) is 1.80. The number of hydrogen-bond donors (Lipinski definition) is 3. The monoisotopic (exact) mass is 307 g/mol. The van der Waals surface area contributed by atoms with Crippen molar-refractivity contribution in [2.24, 2.45) is 5.73 Å². The largest absolute Gasteiger partial charge is 0.392 e. The Morgan fingerprint density at radius 1 is 1.48 bits per heavy atom. The summed E-state index contributed by atoms with van der Waals surface area (Å²) in [6.45, 7) is 2.00. The van der Waals surface area contributed by atoms with E-state index in [0.29, 0.717) is 28.6 Å². The van der Waals surface area contributed by atoms with E-state index in [9.17, 15) is 9.90 Å². The number of hydrogen-bond acceptors (Lipinski definition) is 6. The number of aliphatic hydroxyl groups is 1. The van der Waals surface area contributed by atoms with Gasteiger partial charge in [-0.3, -0.25) is 9.78 Å². The summed E-state index contributed by atoms with van der Waals surface area (Å²) in [5.41, 5.74) is 6.28. The van der Waals surface area contributed by atoms with E-state index >= 15 is 0 Å². The molecule has 0 radical (unpaired) electrons. The maximum Gasteiger partial charge on any atom is 0.267 e. The standard InChI is InChI=1S/C13H14ClN5O2/c1-7(20)3-18-12-6-16-5-11(19-12)8-2-10(13(15)21)17-4-9(8)14/h2,4-7,20H,3H2,1H3,(H2,15,21)(H,18,19)/t7-/m0/s1. The Morgan fingerprint density at radius 3 is 2.90 bits per heavy atom. The quantitative estimate of drug-likeness (QED) is 0.761. The molecule has 0 aromatic carbocycles. The Labute approximate surface area is 126 Å². The molecule has 0 spiro atoms. The molecule has 2 heterocycles. The third-order valence-electron chi connectivity index (χ3n) is 2.60. The number of pyridine rings is 1. The lowest BCUT2D eigenvalue weighted by Gasteiger charge is -2.09. The summed E-state index contributed by atoms with van der Waals surface area (Å²) in [5, 5.41) is 12.5. The summed E-state index contributed by atoms with van der Waals surface area (Å²) in [6.07, 6.45) is 3.87. The maximum absolute atomic E-state index is 11.2. The molecule has 0 aliphatic carbocycles. The molecule has 110 valence electrons. The van der Waals surface area contributed by atoms with Crippen LogP contribution in [0.2, 0.25) is 5.02 Å². The molecule has 0 bridgehead atoms. The molecular weight excluding hydrogens is 294 g/mol. The van der Waals surface area contributed by atoms with Crippen LogP contribution in [-0.4, -0.2) is 38.6 Å². The van der Waals surface area contributed by atoms with Gasteiger partial charge in [-0.15, -0.1) is 0 Å². The van der Waals surface area contributed by atoms with E-state index < -0.39 is 12.0 Å². The molecule has 7 nitrogen and oxygen atoms in total. The number of nitrogens with two attached hydrogens (primary N) is 1. The molecule has 1 amide bonds. The first-order valence-electron chi connectivity index (χ1n) is 6.17. The number of anilines is 1. The molecule has 8 heteroatoms. The zero-order chi connectivity index (χ0) is 15.4. The number of carbonyl (C=O) groups excluding carboxylic acids is 1. The second kappa shape index (κ2) is 6.47. The van der Waals surface area contributed by atoms with Crippen molar-refractivity contribution in [3.8, 4) is 11.3 Å². The zero-order valence-electron chi connectivity index (χ0n) is 11.2. The van der Waals surface area contributed by atoms with E-state index in [4.69, 9.17) is 17.3 Å². The average Bonchev–Trinajstić information content (AvgIpc) is 2.45. The van der Waals surface area contributed by atoms with Crippen LogP contribution in [-0.2, 0) is 0 Å². The van der Waals surface area contributed by atoms with Gasteiger partial charge in [0.15, 0.2) is 0 Å². The van der Waals surface area contributed by atoms with E-state index in [1.807, 2.05) is 0 Å². The SMILES string of the molecule is C[C@H](O)CNc1cncc(-c2cc(C(N)=O)ncc2Cl)n1. The van der Waals surface area contributed by atoms with Gasteiger partial charge in [0.2, 0.25) is 0 Å². The van der Waals surface area contributed by atoms with E-state index in [1.54, 1.807) is 6.92 Å². The van der Waals surface area contributed by atoms with Crippen LogP contribution in [0.5, 0.6) is 0 Å². The fourth-order valence-electron chi connectivity index (χ4n) is 1.60. The van der Waals surface area contributed by atoms with Crippen LogP contribution in [0, 0.1) is 0 Å². The summed E-state index contributed by atoms with van der Waals surface area (Å²) >= 11 is 6.07. The second-order valence-electron chi connectivity index (χ2n) is 4.43. The van der Waals surface area contributed by atoms with Gasteiger partial charge in [-0.25, -0.2) is 9.97 Å². The highest BCUT2D eigenvalue weighted by molar-refractivity contribution is 6.33. The van der Waals surface area contributed by atoms with Crippen molar-refractivity contribution in [1.29, 1.82) is 0 Å². The van der Waals surface area contributed by atoms with Crippen LogP contribution in [0.3, 0.4) is 0 Å². The number of aromatic nitrogens is 3. The normalized spacial score (nSPS) is 12.0. The first-order chi connectivity index (χ1) is 9.97. The van der Waals surface area contributed by atoms with E-state index in [0.717, 1.165) is 0 Å². The Hall–Kier alpha value is -2.25. The molecule has 0 fully saturated rings. The van der Waals surface area contributed by atoms with Gasteiger partial charge in [0.1, 0.15) is 11.5 Å². The van der Waals surface area contributed by atoms with Gasteiger partial charge in [-0.2, -0.15) is 0 Å². The first kappa shape index (κ1) is 15.1. The number of nitrogens with one attached hydrogen (secondary N) is 1. The minimum atomic E-state index is -0.649. The molecule has 0 aliphatic rings. The molecule has 4 N–H and O–H groups in total. The highest BCUT2D eigenvalue weighted by Crippen LogP contribution is 2.26. The van der Waals surface area contributed by atoms with Gasteiger partial charge in [-0.1, -0.05) is 11.6 Å². The summed E-state index contributed by atoms with van der Waals surface area (Å²) in [4.78, 5) is 23.4. The minimum absolute atomic E-state index is 0.0959. The lowest BCUT2D eigenvalue weighted by molar-refractivity contribution is 0.0995. The Morgan fingerprint density at radius 2 is 2.24 bits per heavy atom. The van der Waals surface area contributed by atoms with Gasteiger partial charge in [-0.05, 0) is 13.0 Å². The Bertz CT molecular complexity index is 663. The number of aliphatic hydroxyl groups excluding tert-OH is 1. The van der Waals surface area contributed by atoms with Crippen LogP contribution in [0.25, 0.3) is 11.3 Å². The molecule has 2 aromatic rings. The van der Waals surface area contributed by atoms with Crippen molar-refractivity contribution in [2.45, 2.75) is 13.0 Å². The van der Waals surface area contributed by atoms with Crippen molar-refractivity contribution < 1.29 is 9.90 Å². The molecular formula is C13H14ClN5O2. The maximum atomic E-state index is 11.2. The summed E-state index contributed by atoms with van der Waals surface area (Å²) in [5.74, 6) is -0.161. The van der Waals surface area contributed by atoms with Crippen LogP contribution >= 0.6 is 11.6 Å². The fraction of sp³-hybridized carbons (Fsp3) is 0.231. The van der Waals surface area contributed by atoms with Gasteiger partial charge in [0.25, 0.3) is 5.91 Å². The number of rotatable bonds is 5. The first-order valence-corrected chi connectivity index (χ1v) is 6.55. The van der Waals surface area contributed by atoms with Crippen molar-refractivity contribution in [2.75, 3.05) is 11.9 Å². The molecule has 2 aromatic heterocycles. The lowest BCUT2D eigenvalue weighted by Crippen LogP contribution is -2.16. The minimum Gasteiger partial charge on any atom is -0.392 e. The molecule has 0 saturated carbocycles. The van der Waals surface area contributed by atoms with Crippen LogP contribution in [0.1, 0.15) is 17.4 Å². The second-order valence-corrected chi connectivity index (χ2v) is 4.84. The predicted molar refractivity (Wildman–Crippen MR) is 79.0 cm³/mol. The number of carbonyl (C=O) groups is 1. The number of amides is 1. The molecule has 0 unspecified atom stereocenters. The van der Waals surface area contributed by atoms with E-state index in [-0.39, 0.29) is 5.69 Å². The molecule has 0 saturated heterocycles. The van der Waals surface area contributed by atoms with E-state index in [2.05, 4.69) is 20.3 Å². The summed E-state index contributed by atoms with van der Waals surface area (Å²) in [7, 11) is 0. The third-order valence-corrected chi connectivity index (χ3v) is 2.90. The van der Waals surface area contributed by atoms with Crippen LogP contribution < -0.4 is 11.1 Å². The number of nitrogens with zero attached hydrogens (tertiary/aromatic N) is 3. The van der Waals surface area contributed by atoms with Gasteiger partial charge in [0, 0.05) is 18.3 Å². The van der Waals surface area contributed by atoms with Crippen LogP contribution in [0.15, 0.2) is 24.7 Å². The van der Waals surface area contributed by atoms with E-state index in [1.165, 1.54) is 24.7 Å². The molecule has 0 aliphatic heterocycles. The average molecular weight is 308 g/mol. The van der Waals surface area contributed by atoms with Crippen molar-refractivity contribution >= 4 is 23.3 Å². The highest BCUT2D eigenvalue weighted by atomic mass is 35.5.